The molecule has 1 fully saturated rings. The predicted octanol–water partition coefficient (Wildman–Crippen LogP) is 1.86. The molecule has 0 aliphatic carbocycles. The van der Waals surface area contributed by atoms with E-state index < -0.39 is 0 Å². The first-order valence-electron chi connectivity index (χ1n) is 6.60. The van der Waals surface area contributed by atoms with Crippen molar-refractivity contribution < 1.29 is 4.79 Å². The van der Waals surface area contributed by atoms with Gasteiger partial charge in [0.15, 0.2) is 5.82 Å². The van der Waals surface area contributed by atoms with Crippen molar-refractivity contribution in [2.45, 2.75) is 39.2 Å². The zero-order valence-electron chi connectivity index (χ0n) is 11.1. The van der Waals surface area contributed by atoms with Crippen molar-refractivity contribution in [2.24, 2.45) is 0 Å². The summed E-state index contributed by atoms with van der Waals surface area (Å²) < 4.78 is 0. The molecule has 2 aromatic heterocycles. The molecule has 3 rings (SSSR count). The SMILES string of the molecule is CCc1c[nH]c2ncnc(NN3C(=O)CC[C@@H]3C)c12. The van der Waals surface area contributed by atoms with Crippen molar-refractivity contribution in [3.8, 4) is 0 Å². The van der Waals surface area contributed by atoms with Gasteiger partial charge in [-0.2, -0.15) is 0 Å². The molecule has 6 nitrogen and oxygen atoms in total. The molecule has 19 heavy (non-hydrogen) atoms. The van der Waals surface area contributed by atoms with Gasteiger partial charge in [-0.05, 0) is 25.3 Å². The molecular weight excluding hydrogens is 242 g/mol. The van der Waals surface area contributed by atoms with E-state index in [4.69, 9.17) is 0 Å². The number of aromatic nitrogens is 3. The third kappa shape index (κ3) is 1.93. The maximum atomic E-state index is 11.8. The van der Waals surface area contributed by atoms with Crippen LogP contribution >= 0.6 is 0 Å². The third-order valence-corrected chi connectivity index (χ3v) is 3.64. The molecule has 1 amide bonds. The normalized spacial score (nSPS) is 19.4. The van der Waals surface area contributed by atoms with Crippen molar-refractivity contribution in [1.82, 2.24) is 20.0 Å². The molecule has 2 N–H and O–H groups in total. The van der Waals surface area contributed by atoms with E-state index in [1.165, 1.54) is 6.33 Å². The Labute approximate surface area is 111 Å². The molecule has 100 valence electrons. The number of aryl methyl sites for hydroxylation is 1. The first kappa shape index (κ1) is 12.0. The van der Waals surface area contributed by atoms with E-state index in [1.807, 2.05) is 13.1 Å². The first-order chi connectivity index (χ1) is 9.20. The van der Waals surface area contributed by atoms with Crippen LogP contribution in [0, 0.1) is 0 Å². The zero-order valence-corrected chi connectivity index (χ0v) is 11.1. The number of nitrogens with zero attached hydrogens (tertiary/aromatic N) is 3. The molecule has 3 heterocycles. The number of anilines is 1. The lowest BCUT2D eigenvalue weighted by molar-refractivity contribution is -0.127. The molecule has 0 spiro atoms. The Kier molecular flexibility index (Phi) is 2.85. The standard InChI is InChI=1S/C13H17N5O/c1-3-9-6-14-12-11(9)13(16-7-15-12)17-18-8(2)4-5-10(18)19/h6-8H,3-5H2,1-2H3,(H2,14,15,16,17)/t8-/m0/s1. The first-order valence-corrected chi connectivity index (χ1v) is 6.60. The van der Waals surface area contributed by atoms with E-state index in [9.17, 15) is 4.79 Å². The van der Waals surface area contributed by atoms with Crippen molar-refractivity contribution in [2.75, 3.05) is 5.43 Å². The van der Waals surface area contributed by atoms with Gasteiger partial charge < -0.3 is 4.98 Å². The lowest BCUT2D eigenvalue weighted by Crippen LogP contribution is -2.36. The number of hydrazine groups is 1. The van der Waals surface area contributed by atoms with Crippen LogP contribution in [0.4, 0.5) is 5.82 Å². The van der Waals surface area contributed by atoms with E-state index in [0.29, 0.717) is 12.2 Å². The number of hydrogen-bond acceptors (Lipinski definition) is 4. The summed E-state index contributed by atoms with van der Waals surface area (Å²) >= 11 is 0. The summed E-state index contributed by atoms with van der Waals surface area (Å²) in [5, 5.41) is 2.64. The molecular formula is C13H17N5O. The minimum Gasteiger partial charge on any atom is -0.346 e. The highest BCUT2D eigenvalue weighted by molar-refractivity contribution is 5.91. The number of fused-ring (bicyclic) bond motifs is 1. The maximum Gasteiger partial charge on any atom is 0.241 e. The molecule has 0 radical (unpaired) electrons. The summed E-state index contributed by atoms with van der Waals surface area (Å²) in [7, 11) is 0. The molecule has 1 atom stereocenters. The molecule has 0 saturated carbocycles. The molecule has 0 aromatic carbocycles. The molecule has 0 bridgehead atoms. The van der Waals surface area contributed by atoms with Crippen molar-refractivity contribution in [3.05, 3.63) is 18.1 Å². The summed E-state index contributed by atoms with van der Waals surface area (Å²) in [6.45, 7) is 4.12. The second-order valence-corrected chi connectivity index (χ2v) is 4.88. The van der Waals surface area contributed by atoms with Gasteiger partial charge in [0.05, 0.1) is 11.4 Å². The van der Waals surface area contributed by atoms with Gasteiger partial charge in [-0.25, -0.2) is 9.97 Å². The van der Waals surface area contributed by atoms with Crippen molar-refractivity contribution in [1.29, 1.82) is 0 Å². The van der Waals surface area contributed by atoms with E-state index >= 15 is 0 Å². The van der Waals surface area contributed by atoms with Gasteiger partial charge in [0.1, 0.15) is 12.0 Å². The Bertz CT molecular complexity index is 621. The molecule has 2 aromatic rings. The van der Waals surface area contributed by atoms with Gasteiger partial charge in [-0.1, -0.05) is 6.92 Å². The fourth-order valence-corrected chi connectivity index (χ4v) is 2.50. The molecule has 1 aliphatic rings. The number of carbonyl (C=O) groups is 1. The summed E-state index contributed by atoms with van der Waals surface area (Å²) in [6, 6.07) is 0.196. The van der Waals surface area contributed by atoms with Gasteiger partial charge >= 0.3 is 0 Å². The van der Waals surface area contributed by atoms with Crippen molar-refractivity contribution in [3.63, 3.8) is 0 Å². The Morgan fingerprint density at radius 3 is 3.05 bits per heavy atom. The minimum absolute atomic E-state index is 0.118. The largest absolute Gasteiger partial charge is 0.346 e. The van der Waals surface area contributed by atoms with Gasteiger partial charge in [0, 0.05) is 12.6 Å². The fraction of sp³-hybridized carbons (Fsp3) is 0.462. The average molecular weight is 259 g/mol. The van der Waals surface area contributed by atoms with Crippen molar-refractivity contribution >= 4 is 22.8 Å². The number of amides is 1. The molecule has 0 unspecified atom stereocenters. The highest BCUT2D eigenvalue weighted by Gasteiger charge is 2.28. The van der Waals surface area contributed by atoms with E-state index in [2.05, 4.69) is 27.3 Å². The minimum atomic E-state index is 0.118. The number of H-pyrrole nitrogens is 1. The number of hydrogen-bond donors (Lipinski definition) is 2. The summed E-state index contributed by atoms with van der Waals surface area (Å²) in [5.41, 5.74) is 5.11. The number of nitrogens with one attached hydrogen (secondary N) is 2. The summed E-state index contributed by atoms with van der Waals surface area (Å²) in [4.78, 5) is 23.5. The van der Waals surface area contributed by atoms with Crippen LogP contribution in [-0.2, 0) is 11.2 Å². The van der Waals surface area contributed by atoms with Crippen LogP contribution < -0.4 is 5.43 Å². The van der Waals surface area contributed by atoms with E-state index in [0.717, 1.165) is 29.4 Å². The van der Waals surface area contributed by atoms with Crippen LogP contribution in [0.5, 0.6) is 0 Å². The van der Waals surface area contributed by atoms with Crippen LogP contribution in [-0.4, -0.2) is 31.9 Å². The average Bonchev–Trinajstić information content (AvgIpc) is 2.97. The van der Waals surface area contributed by atoms with Gasteiger partial charge in [-0.3, -0.25) is 15.2 Å². The quantitative estimate of drug-likeness (QED) is 0.882. The fourth-order valence-electron chi connectivity index (χ4n) is 2.50. The second-order valence-electron chi connectivity index (χ2n) is 4.88. The van der Waals surface area contributed by atoms with Gasteiger partial charge in [0.2, 0.25) is 5.91 Å². The molecule has 1 saturated heterocycles. The maximum absolute atomic E-state index is 11.8. The highest BCUT2D eigenvalue weighted by atomic mass is 16.2. The smallest absolute Gasteiger partial charge is 0.241 e. The Morgan fingerprint density at radius 2 is 2.37 bits per heavy atom. The van der Waals surface area contributed by atoms with E-state index in [1.54, 1.807) is 5.01 Å². The Hall–Kier alpha value is -2.11. The summed E-state index contributed by atoms with van der Waals surface area (Å²) in [6.07, 6.45) is 5.82. The van der Waals surface area contributed by atoms with Crippen LogP contribution in [0.25, 0.3) is 11.0 Å². The molecule has 6 heteroatoms. The van der Waals surface area contributed by atoms with Crippen LogP contribution in [0.1, 0.15) is 32.3 Å². The van der Waals surface area contributed by atoms with Crippen LogP contribution in [0.3, 0.4) is 0 Å². The molecule has 1 aliphatic heterocycles. The summed E-state index contributed by atoms with van der Waals surface area (Å²) in [5.74, 6) is 0.818. The van der Waals surface area contributed by atoms with Gasteiger partial charge in [0.25, 0.3) is 0 Å². The zero-order chi connectivity index (χ0) is 13.4. The lowest BCUT2D eigenvalue weighted by atomic mass is 10.2. The highest BCUT2D eigenvalue weighted by Crippen LogP contribution is 2.26. The third-order valence-electron chi connectivity index (χ3n) is 3.64. The Morgan fingerprint density at radius 1 is 1.53 bits per heavy atom. The monoisotopic (exact) mass is 259 g/mol. The van der Waals surface area contributed by atoms with Crippen LogP contribution in [0.2, 0.25) is 0 Å². The second kappa shape index (κ2) is 4.53. The number of aromatic amines is 1. The Balaban J connectivity index is 2.00. The lowest BCUT2D eigenvalue weighted by Gasteiger charge is -2.23. The predicted molar refractivity (Wildman–Crippen MR) is 72.4 cm³/mol. The van der Waals surface area contributed by atoms with E-state index in [-0.39, 0.29) is 11.9 Å². The topological polar surface area (TPSA) is 73.9 Å². The van der Waals surface area contributed by atoms with Gasteiger partial charge in [-0.15, -0.1) is 0 Å². The van der Waals surface area contributed by atoms with Crippen LogP contribution in [0.15, 0.2) is 12.5 Å². The number of rotatable bonds is 3. The number of carbonyl (C=O) groups excluding carboxylic acids is 1.